The number of thiazole rings is 1. The number of nitrogens with zero attached hydrogens (tertiary/aromatic N) is 4. The molecular formula is C17H22N4O2S. The van der Waals surface area contributed by atoms with E-state index in [-0.39, 0.29) is 11.9 Å². The first-order chi connectivity index (χ1) is 11.7. The molecule has 0 bridgehead atoms. The predicted molar refractivity (Wildman–Crippen MR) is 94.9 cm³/mol. The second-order valence-electron chi connectivity index (χ2n) is 5.72. The van der Waals surface area contributed by atoms with Crippen LogP contribution in [-0.4, -0.2) is 45.3 Å². The van der Waals surface area contributed by atoms with Crippen LogP contribution in [0.5, 0.6) is 11.6 Å². The predicted octanol–water partition coefficient (Wildman–Crippen LogP) is 3.33. The Balaban J connectivity index is 2.11. The zero-order valence-electron chi connectivity index (χ0n) is 14.1. The molecule has 0 spiro atoms. The van der Waals surface area contributed by atoms with Crippen molar-refractivity contribution in [3.05, 3.63) is 41.0 Å². The van der Waals surface area contributed by atoms with Crippen molar-refractivity contribution >= 4 is 16.3 Å². The standard InChI is InChI=1S/C17H22N4O2S/c1-4-5-10-20(2)14(12-8-6-7-9-13(12)23-3)15-16(22)21-17(24-15)18-11-19-21/h6-9,11,14,22H,4-5,10H2,1-3H3. The van der Waals surface area contributed by atoms with E-state index in [0.717, 1.165) is 35.6 Å². The Morgan fingerprint density at radius 3 is 2.88 bits per heavy atom. The Kier molecular flexibility index (Phi) is 5.01. The van der Waals surface area contributed by atoms with Gasteiger partial charge in [-0.2, -0.15) is 9.61 Å². The van der Waals surface area contributed by atoms with Crippen molar-refractivity contribution in [2.45, 2.75) is 25.8 Å². The number of hydrogen-bond donors (Lipinski definition) is 1. The fraction of sp³-hybridized carbons (Fsp3) is 0.412. The molecule has 24 heavy (non-hydrogen) atoms. The maximum absolute atomic E-state index is 10.7. The highest BCUT2D eigenvalue weighted by Crippen LogP contribution is 2.41. The van der Waals surface area contributed by atoms with E-state index in [4.69, 9.17) is 4.74 Å². The topological polar surface area (TPSA) is 62.9 Å². The van der Waals surface area contributed by atoms with Crippen molar-refractivity contribution in [2.24, 2.45) is 0 Å². The molecule has 2 heterocycles. The lowest BCUT2D eigenvalue weighted by molar-refractivity contribution is 0.264. The first-order valence-electron chi connectivity index (χ1n) is 8.01. The Bertz CT molecular complexity index is 814. The Labute approximate surface area is 145 Å². The number of hydrogen-bond acceptors (Lipinski definition) is 6. The molecule has 3 rings (SSSR count). The van der Waals surface area contributed by atoms with E-state index in [1.165, 1.54) is 22.2 Å². The second kappa shape index (κ2) is 7.19. The molecule has 6 nitrogen and oxygen atoms in total. The zero-order chi connectivity index (χ0) is 17.1. The van der Waals surface area contributed by atoms with Gasteiger partial charge in [-0.1, -0.05) is 42.9 Å². The molecular weight excluding hydrogens is 324 g/mol. The minimum atomic E-state index is -0.110. The second-order valence-corrected chi connectivity index (χ2v) is 6.73. The minimum Gasteiger partial charge on any atom is -0.496 e. The van der Waals surface area contributed by atoms with E-state index in [1.807, 2.05) is 24.3 Å². The molecule has 0 amide bonds. The summed E-state index contributed by atoms with van der Waals surface area (Å²) in [5.74, 6) is 0.955. The van der Waals surface area contributed by atoms with Crippen molar-refractivity contribution in [3.8, 4) is 11.6 Å². The molecule has 0 aliphatic carbocycles. The van der Waals surface area contributed by atoms with Crippen molar-refractivity contribution < 1.29 is 9.84 Å². The summed E-state index contributed by atoms with van der Waals surface area (Å²) in [5.41, 5.74) is 1.03. The summed E-state index contributed by atoms with van der Waals surface area (Å²) in [5, 5.41) is 14.7. The largest absolute Gasteiger partial charge is 0.496 e. The van der Waals surface area contributed by atoms with Crippen LogP contribution in [0.1, 0.15) is 36.2 Å². The van der Waals surface area contributed by atoms with Gasteiger partial charge in [-0.3, -0.25) is 4.90 Å². The summed E-state index contributed by atoms with van der Waals surface area (Å²) in [6, 6.07) is 7.83. The van der Waals surface area contributed by atoms with Gasteiger partial charge in [0.1, 0.15) is 12.1 Å². The average Bonchev–Trinajstić information content (AvgIpc) is 3.17. The Morgan fingerprint density at radius 2 is 2.17 bits per heavy atom. The monoisotopic (exact) mass is 346 g/mol. The smallest absolute Gasteiger partial charge is 0.230 e. The number of aromatic hydroxyl groups is 1. The van der Waals surface area contributed by atoms with Crippen LogP contribution in [-0.2, 0) is 0 Å². The van der Waals surface area contributed by atoms with Gasteiger partial charge in [0.25, 0.3) is 0 Å². The summed E-state index contributed by atoms with van der Waals surface area (Å²) >= 11 is 1.46. The molecule has 3 aromatic rings. The van der Waals surface area contributed by atoms with Crippen LogP contribution in [0.15, 0.2) is 30.6 Å². The number of aromatic nitrogens is 3. The highest BCUT2D eigenvalue weighted by atomic mass is 32.1. The fourth-order valence-corrected chi connectivity index (χ4v) is 3.99. The molecule has 0 radical (unpaired) electrons. The van der Waals surface area contributed by atoms with Crippen LogP contribution >= 0.6 is 11.3 Å². The van der Waals surface area contributed by atoms with Gasteiger partial charge in [0.2, 0.25) is 10.8 Å². The summed E-state index contributed by atoms with van der Waals surface area (Å²) in [7, 11) is 3.74. The maximum Gasteiger partial charge on any atom is 0.230 e. The van der Waals surface area contributed by atoms with E-state index in [1.54, 1.807) is 7.11 Å². The third kappa shape index (κ3) is 2.97. The Hall–Kier alpha value is -2.12. The average molecular weight is 346 g/mol. The van der Waals surface area contributed by atoms with Crippen LogP contribution in [0, 0.1) is 0 Å². The Morgan fingerprint density at radius 1 is 1.38 bits per heavy atom. The third-order valence-electron chi connectivity index (χ3n) is 4.13. The van der Waals surface area contributed by atoms with Gasteiger partial charge in [-0.15, -0.1) is 0 Å². The van der Waals surface area contributed by atoms with Crippen molar-refractivity contribution in [1.29, 1.82) is 0 Å². The van der Waals surface area contributed by atoms with E-state index < -0.39 is 0 Å². The van der Waals surface area contributed by atoms with E-state index in [9.17, 15) is 5.11 Å². The molecule has 1 aromatic carbocycles. The number of fused-ring (bicyclic) bond motifs is 1. The number of ether oxygens (including phenoxy) is 1. The van der Waals surface area contributed by atoms with Gasteiger partial charge in [0.15, 0.2) is 0 Å². The first kappa shape index (κ1) is 16.7. The van der Waals surface area contributed by atoms with Gasteiger partial charge in [-0.05, 0) is 26.1 Å². The molecule has 0 aliphatic rings. The summed E-state index contributed by atoms with van der Waals surface area (Å²) < 4.78 is 7.04. The summed E-state index contributed by atoms with van der Waals surface area (Å²) in [6.45, 7) is 3.10. The number of methoxy groups -OCH3 is 1. The highest BCUT2D eigenvalue weighted by molar-refractivity contribution is 7.17. The SMILES string of the molecule is CCCCN(C)C(c1ccccc1OC)c1sc2ncnn2c1O. The number of benzene rings is 1. The van der Waals surface area contributed by atoms with Crippen molar-refractivity contribution in [1.82, 2.24) is 19.5 Å². The molecule has 0 fully saturated rings. The van der Waals surface area contributed by atoms with Crippen LogP contribution in [0.2, 0.25) is 0 Å². The van der Waals surface area contributed by atoms with Crippen LogP contribution in [0.3, 0.4) is 0 Å². The quantitative estimate of drug-likeness (QED) is 0.711. The molecule has 0 saturated heterocycles. The number of rotatable bonds is 7. The maximum atomic E-state index is 10.7. The van der Waals surface area contributed by atoms with Crippen LogP contribution in [0.4, 0.5) is 0 Å². The highest BCUT2D eigenvalue weighted by Gasteiger charge is 2.29. The molecule has 128 valence electrons. The van der Waals surface area contributed by atoms with Gasteiger partial charge in [-0.25, -0.2) is 4.98 Å². The first-order valence-corrected chi connectivity index (χ1v) is 8.83. The normalized spacial score (nSPS) is 12.8. The van der Waals surface area contributed by atoms with Gasteiger partial charge in [0.05, 0.1) is 18.0 Å². The fourth-order valence-electron chi connectivity index (χ4n) is 2.88. The van der Waals surface area contributed by atoms with E-state index in [0.29, 0.717) is 4.96 Å². The lowest BCUT2D eigenvalue weighted by atomic mass is 10.0. The molecule has 2 aromatic heterocycles. The van der Waals surface area contributed by atoms with Gasteiger partial charge < -0.3 is 9.84 Å². The number of para-hydroxylation sites is 1. The van der Waals surface area contributed by atoms with Crippen molar-refractivity contribution in [3.63, 3.8) is 0 Å². The van der Waals surface area contributed by atoms with Crippen molar-refractivity contribution in [2.75, 3.05) is 20.7 Å². The van der Waals surface area contributed by atoms with Gasteiger partial charge >= 0.3 is 0 Å². The third-order valence-corrected chi connectivity index (χ3v) is 5.21. The van der Waals surface area contributed by atoms with E-state index >= 15 is 0 Å². The minimum absolute atomic E-state index is 0.110. The number of unbranched alkanes of at least 4 members (excludes halogenated alkanes) is 1. The molecule has 7 heteroatoms. The lowest BCUT2D eigenvalue weighted by Gasteiger charge is -2.28. The molecule has 1 atom stereocenters. The van der Waals surface area contributed by atoms with Crippen LogP contribution < -0.4 is 4.74 Å². The molecule has 0 saturated carbocycles. The molecule has 0 aliphatic heterocycles. The molecule has 1 N–H and O–H groups in total. The summed E-state index contributed by atoms with van der Waals surface area (Å²) in [6.07, 6.45) is 3.65. The molecule has 1 unspecified atom stereocenters. The summed E-state index contributed by atoms with van der Waals surface area (Å²) in [4.78, 5) is 7.96. The van der Waals surface area contributed by atoms with E-state index in [2.05, 4.69) is 29.0 Å². The zero-order valence-corrected chi connectivity index (χ0v) is 15.0. The van der Waals surface area contributed by atoms with Gasteiger partial charge in [0, 0.05) is 5.56 Å². The lowest BCUT2D eigenvalue weighted by Crippen LogP contribution is -2.26. The van der Waals surface area contributed by atoms with Crippen LogP contribution in [0.25, 0.3) is 4.96 Å².